The van der Waals surface area contributed by atoms with Crippen molar-refractivity contribution >= 4 is 21.6 Å². The van der Waals surface area contributed by atoms with Gasteiger partial charge in [-0.3, -0.25) is 4.79 Å². The zero-order valence-corrected chi connectivity index (χ0v) is 15.4. The Labute approximate surface area is 147 Å². The van der Waals surface area contributed by atoms with Crippen molar-refractivity contribution in [3.63, 3.8) is 0 Å². The van der Waals surface area contributed by atoms with Crippen LogP contribution >= 0.6 is 0 Å². The number of benzene rings is 2. The highest BCUT2D eigenvalue weighted by atomic mass is 32.2. The van der Waals surface area contributed by atoms with Crippen molar-refractivity contribution < 1.29 is 17.6 Å². The molecule has 0 spiro atoms. The molecule has 1 amide bonds. The fourth-order valence-electron chi connectivity index (χ4n) is 2.63. The van der Waals surface area contributed by atoms with Crippen LogP contribution in [0, 0.1) is 26.6 Å². The van der Waals surface area contributed by atoms with Gasteiger partial charge in [-0.2, -0.15) is 4.31 Å². The van der Waals surface area contributed by atoms with E-state index in [2.05, 4.69) is 5.32 Å². The molecule has 0 fully saturated rings. The van der Waals surface area contributed by atoms with Gasteiger partial charge in [-0.15, -0.1) is 0 Å². The normalized spacial score (nSPS) is 11.6. The van der Waals surface area contributed by atoms with E-state index in [1.165, 1.54) is 19.2 Å². The Morgan fingerprint density at radius 3 is 2.12 bits per heavy atom. The Bertz CT molecular complexity index is 870. The number of carbonyl (C=O) groups excluding carboxylic acids is 1. The first-order valence-electron chi connectivity index (χ1n) is 7.71. The maximum atomic E-state index is 13.0. The molecule has 0 aliphatic carbocycles. The van der Waals surface area contributed by atoms with Gasteiger partial charge < -0.3 is 5.32 Å². The third kappa shape index (κ3) is 4.43. The average molecular weight is 364 g/mol. The van der Waals surface area contributed by atoms with Crippen LogP contribution in [0.1, 0.15) is 16.7 Å². The summed E-state index contributed by atoms with van der Waals surface area (Å²) in [6, 6.07) is 8.38. The minimum Gasteiger partial charge on any atom is -0.324 e. The van der Waals surface area contributed by atoms with Crippen molar-refractivity contribution in [2.75, 3.05) is 18.9 Å². The lowest BCUT2D eigenvalue weighted by Crippen LogP contribution is -2.35. The third-order valence-electron chi connectivity index (χ3n) is 3.83. The summed E-state index contributed by atoms with van der Waals surface area (Å²) in [4.78, 5) is 12.2. The molecule has 0 bridgehead atoms. The minimum absolute atomic E-state index is 0.0631. The summed E-state index contributed by atoms with van der Waals surface area (Å²) < 4.78 is 38.8. The largest absolute Gasteiger partial charge is 0.324 e. The molecule has 0 radical (unpaired) electrons. The zero-order valence-electron chi connectivity index (χ0n) is 14.6. The standard InChI is InChI=1S/C18H21FN2O3S/c1-12-9-13(2)18(14(3)10-12)20-17(22)11-21(4)25(23,24)16-7-5-15(19)6-8-16/h5-10H,11H2,1-4H3,(H,20,22). The van der Waals surface area contributed by atoms with Gasteiger partial charge in [0.1, 0.15) is 5.82 Å². The first-order chi connectivity index (χ1) is 11.6. The average Bonchev–Trinajstić information content (AvgIpc) is 2.51. The van der Waals surface area contributed by atoms with Gasteiger partial charge in [0.05, 0.1) is 11.4 Å². The van der Waals surface area contributed by atoms with Gasteiger partial charge >= 0.3 is 0 Å². The molecular weight excluding hydrogens is 343 g/mol. The van der Waals surface area contributed by atoms with Gasteiger partial charge in [0.15, 0.2) is 0 Å². The number of rotatable bonds is 5. The molecule has 0 heterocycles. The first-order valence-corrected chi connectivity index (χ1v) is 9.15. The molecule has 0 unspecified atom stereocenters. The number of likely N-dealkylation sites (N-methyl/N-ethyl adjacent to an activating group) is 1. The number of anilines is 1. The van der Waals surface area contributed by atoms with Crippen molar-refractivity contribution in [3.8, 4) is 0 Å². The van der Waals surface area contributed by atoms with E-state index in [1.807, 2.05) is 32.9 Å². The van der Waals surface area contributed by atoms with E-state index < -0.39 is 21.7 Å². The number of carbonyl (C=O) groups is 1. The Hall–Kier alpha value is -2.25. The predicted octanol–water partition coefficient (Wildman–Crippen LogP) is 3.01. The van der Waals surface area contributed by atoms with Gasteiger partial charge in [-0.05, 0) is 56.2 Å². The minimum atomic E-state index is -3.86. The Balaban J connectivity index is 2.14. The molecule has 7 heteroatoms. The Kier molecular flexibility index (Phi) is 5.59. The van der Waals surface area contributed by atoms with Crippen LogP contribution in [0.5, 0.6) is 0 Å². The van der Waals surface area contributed by atoms with E-state index in [9.17, 15) is 17.6 Å². The topological polar surface area (TPSA) is 66.5 Å². The van der Waals surface area contributed by atoms with E-state index in [4.69, 9.17) is 0 Å². The molecule has 2 aromatic carbocycles. The number of aryl methyl sites for hydroxylation is 3. The fraction of sp³-hybridized carbons (Fsp3) is 0.278. The summed E-state index contributed by atoms with van der Waals surface area (Å²) in [6.07, 6.45) is 0. The van der Waals surface area contributed by atoms with Crippen molar-refractivity contribution in [1.82, 2.24) is 4.31 Å². The second-order valence-electron chi connectivity index (χ2n) is 6.04. The molecule has 25 heavy (non-hydrogen) atoms. The van der Waals surface area contributed by atoms with E-state index in [0.29, 0.717) is 5.69 Å². The molecule has 134 valence electrons. The number of nitrogens with one attached hydrogen (secondary N) is 1. The highest BCUT2D eigenvalue weighted by Crippen LogP contribution is 2.22. The second-order valence-corrected chi connectivity index (χ2v) is 8.08. The summed E-state index contributed by atoms with van der Waals surface area (Å²) in [6.45, 7) is 5.39. The molecule has 0 aromatic heterocycles. The number of nitrogens with zero attached hydrogens (tertiary/aromatic N) is 1. The van der Waals surface area contributed by atoms with Gasteiger partial charge in [0.2, 0.25) is 15.9 Å². The first kappa shape index (κ1) is 19.1. The molecule has 2 rings (SSSR count). The smallest absolute Gasteiger partial charge is 0.243 e. The number of sulfonamides is 1. The number of hydrogen-bond acceptors (Lipinski definition) is 3. The van der Waals surface area contributed by atoms with Crippen LogP contribution in [0.4, 0.5) is 10.1 Å². The molecular formula is C18H21FN2O3S. The Morgan fingerprint density at radius 1 is 1.08 bits per heavy atom. The van der Waals surface area contributed by atoms with E-state index >= 15 is 0 Å². The van der Waals surface area contributed by atoms with Crippen LogP contribution in [0.25, 0.3) is 0 Å². The highest BCUT2D eigenvalue weighted by Gasteiger charge is 2.23. The summed E-state index contributed by atoms with van der Waals surface area (Å²) in [5.74, 6) is -0.965. The Morgan fingerprint density at radius 2 is 1.60 bits per heavy atom. The molecule has 1 N–H and O–H groups in total. The number of halogens is 1. The lowest BCUT2D eigenvalue weighted by molar-refractivity contribution is -0.116. The second kappa shape index (κ2) is 7.33. The van der Waals surface area contributed by atoms with Crippen molar-refractivity contribution in [3.05, 3.63) is 58.9 Å². The van der Waals surface area contributed by atoms with Crippen LogP contribution < -0.4 is 5.32 Å². The molecule has 2 aromatic rings. The number of hydrogen-bond donors (Lipinski definition) is 1. The molecule has 5 nitrogen and oxygen atoms in total. The van der Waals surface area contributed by atoms with E-state index in [-0.39, 0.29) is 11.4 Å². The lowest BCUT2D eigenvalue weighted by Gasteiger charge is -2.18. The predicted molar refractivity (Wildman–Crippen MR) is 95.5 cm³/mol. The van der Waals surface area contributed by atoms with Gasteiger partial charge in [-0.25, -0.2) is 12.8 Å². The van der Waals surface area contributed by atoms with Crippen LogP contribution in [0.15, 0.2) is 41.3 Å². The van der Waals surface area contributed by atoms with Gasteiger partial charge in [0.25, 0.3) is 0 Å². The van der Waals surface area contributed by atoms with Crippen LogP contribution in [-0.2, 0) is 14.8 Å². The maximum absolute atomic E-state index is 13.0. The van der Waals surface area contributed by atoms with Crippen molar-refractivity contribution in [2.45, 2.75) is 25.7 Å². The summed E-state index contributed by atoms with van der Waals surface area (Å²) in [7, 11) is -2.55. The van der Waals surface area contributed by atoms with Gasteiger partial charge in [0, 0.05) is 12.7 Å². The summed E-state index contributed by atoms with van der Waals surface area (Å²) >= 11 is 0. The van der Waals surface area contributed by atoms with Crippen LogP contribution in [-0.4, -0.2) is 32.2 Å². The molecule has 0 aliphatic rings. The van der Waals surface area contributed by atoms with Crippen LogP contribution in [0.3, 0.4) is 0 Å². The number of amides is 1. The van der Waals surface area contributed by atoms with E-state index in [0.717, 1.165) is 33.1 Å². The van der Waals surface area contributed by atoms with Gasteiger partial charge in [-0.1, -0.05) is 17.7 Å². The summed E-state index contributed by atoms with van der Waals surface area (Å²) in [5.41, 5.74) is 3.59. The monoisotopic (exact) mass is 364 g/mol. The molecule has 0 saturated heterocycles. The highest BCUT2D eigenvalue weighted by molar-refractivity contribution is 7.89. The maximum Gasteiger partial charge on any atom is 0.243 e. The fourth-order valence-corrected chi connectivity index (χ4v) is 3.76. The van der Waals surface area contributed by atoms with Crippen LogP contribution in [0.2, 0.25) is 0 Å². The lowest BCUT2D eigenvalue weighted by atomic mass is 10.1. The summed E-state index contributed by atoms with van der Waals surface area (Å²) in [5, 5.41) is 2.76. The van der Waals surface area contributed by atoms with Crippen molar-refractivity contribution in [1.29, 1.82) is 0 Å². The van der Waals surface area contributed by atoms with Crippen molar-refractivity contribution in [2.24, 2.45) is 0 Å². The SMILES string of the molecule is Cc1cc(C)c(NC(=O)CN(C)S(=O)(=O)c2ccc(F)cc2)c(C)c1. The molecule has 0 saturated carbocycles. The molecule has 0 aliphatic heterocycles. The molecule has 0 atom stereocenters. The third-order valence-corrected chi connectivity index (χ3v) is 5.65. The quantitative estimate of drug-likeness (QED) is 0.887. The van der Waals surface area contributed by atoms with E-state index in [1.54, 1.807) is 0 Å². The zero-order chi connectivity index (χ0) is 18.8.